The zero-order valence-electron chi connectivity index (χ0n) is 16.1. The molecule has 4 rings (SSSR count). The van der Waals surface area contributed by atoms with Crippen molar-refractivity contribution in [1.29, 1.82) is 0 Å². The average Bonchev–Trinajstić information content (AvgIpc) is 3.10. The van der Waals surface area contributed by atoms with Gasteiger partial charge in [0.15, 0.2) is 5.58 Å². The molecule has 2 aromatic carbocycles. The minimum Gasteiger partial charge on any atom is -0.481 e. The molecule has 0 spiro atoms. The summed E-state index contributed by atoms with van der Waals surface area (Å²) in [6.07, 6.45) is 2.93. The van der Waals surface area contributed by atoms with Gasteiger partial charge in [0.2, 0.25) is 5.89 Å². The highest BCUT2D eigenvalue weighted by Crippen LogP contribution is 2.41. The fourth-order valence-corrected chi connectivity index (χ4v) is 3.82. The zero-order chi connectivity index (χ0) is 20.3. The van der Waals surface area contributed by atoms with E-state index in [2.05, 4.69) is 11.9 Å². The summed E-state index contributed by atoms with van der Waals surface area (Å²) >= 11 is 0. The predicted octanol–water partition coefficient (Wildman–Crippen LogP) is 3.92. The van der Waals surface area contributed by atoms with Gasteiger partial charge >= 0.3 is 0 Å². The third kappa shape index (κ3) is 3.93. The molecular formula is C22H26N2O4. The number of hydrogen-bond donors (Lipinski definition) is 3. The first kappa shape index (κ1) is 20.0. The Morgan fingerprint density at radius 2 is 1.82 bits per heavy atom. The van der Waals surface area contributed by atoms with E-state index in [4.69, 9.17) is 20.1 Å². The van der Waals surface area contributed by atoms with Gasteiger partial charge in [0, 0.05) is 18.5 Å². The Balaban J connectivity index is 0.000000516. The quantitative estimate of drug-likeness (QED) is 0.620. The number of carboxylic acid groups (broad SMARTS) is 1. The molecule has 0 unspecified atom stereocenters. The lowest BCUT2D eigenvalue weighted by Gasteiger charge is -2.43. The molecular weight excluding hydrogens is 356 g/mol. The molecule has 1 aliphatic carbocycles. The molecule has 0 bridgehead atoms. The molecule has 6 nitrogen and oxygen atoms in total. The van der Waals surface area contributed by atoms with Gasteiger partial charge in [-0.3, -0.25) is 4.79 Å². The van der Waals surface area contributed by atoms with Crippen molar-refractivity contribution in [2.45, 2.75) is 44.8 Å². The fourth-order valence-electron chi connectivity index (χ4n) is 3.82. The van der Waals surface area contributed by atoms with Crippen LogP contribution in [0.25, 0.3) is 22.6 Å². The van der Waals surface area contributed by atoms with Crippen LogP contribution in [0.2, 0.25) is 0 Å². The number of carboxylic acids is 1. The van der Waals surface area contributed by atoms with Crippen LogP contribution >= 0.6 is 0 Å². The molecule has 1 aliphatic rings. The number of aliphatic hydroxyl groups is 1. The summed E-state index contributed by atoms with van der Waals surface area (Å²) < 4.78 is 5.81. The second kappa shape index (κ2) is 8.12. The van der Waals surface area contributed by atoms with Crippen molar-refractivity contribution in [2.24, 2.45) is 11.7 Å². The van der Waals surface area contributed by atoms with Crippen LogP contribution in [0.3, 0.4) is 0 Å². The fraction of sp³-hybridized carbons (Fsp3) is 0.364. The Kier molecular flexibility index (Phi) is 5.82. The minimum absolute atomic E-state index is 0.149. The molecule has 0 saturated heterocycles. The van der Waals surface area contributed by atoms with E-state index in [1.807, 2.05) is 48.5 Å². The van der Waals surface area contributed by atoms with Crippen molar-refractivity contribution in [3.63, 3.8) is 0 Å². The monoisotopic (exact) mass is 382 g/mol. The number of para-hydroxylation sites is 2. The number of aromatic nitrogens is 1. The molecule has 1 heterocycles. The van der Waals surface area contributed by atoms with Crippen LogP contribution in [-0.4, -0.2) is 27.2 Å². The number of fused-ring (bicyclic) bond motifs is 1. The van der Waals surface area contributed by atoms with Crippen molar-refractivity contribution in [2.75, 3.05) is 0 Å². The third-order valence-corrected chi connectivity index (χ3v) is 5.36. The van der Waals surface area contributed by atoms with Gasteiger partial charge in [-0.25, -0.2) is 4.98 Å². The smallest absolute Gasteiger partial charge is 0.300 e. The van der Waals surface area contributed by atoms with Crippen LogP contribution in [0, 0.1) is 5.92 Å². The van der Waals surface area contributed by atoms with E-state index >= 15 is 0 Å². The van der Waals surface area contributed by atoms with E-state index in [1.165, 1.54) is 0 Å². The Hall–Kier alpha value is -2.70. The molecule has 4 N–H and O–H groups in total. The largest absolute Gasteiger partial charge is 0.481 e. The van der Waals surface area contributed by atoms with E-state index < -0.39 is 11.6 Å². The first-order valence-corrected chi connectivity index (χ1v) is 9.46. The number of hydrogen-bond acceptors (Lipinski definition) is 5. The van der Waals surface area contributed by atoms with Gasteiger partial charge in [0.1, 0.15) is 11.1 Å². The molecule has 0 aliphatic heterocycles. The molecule has 3 atom stereocenters. The van der Waals surface area contributed by atoms with Crippen LogP contribution < -0.4 is 5.73 Å². The van der Waals surface area contributed by atoms with E-state index in [1.54, 1.807) is 0 Å². The van der Waals surface area contributed by atoms with Gasteiger partial charge in [-0.15, -0.1) is 0 Å². The van der Waals surface area contributed by atoms with Crippen LogP contribution in [0.4, 0.5) is 0 Å². The molecule has 148 valence electrons. The molecule has 1 fully saturated rings. The summed E-state index contributed by atoms with van der Waals surface area (Å²) in [5, 5.41) is 18.6. The Morgan fingerprint density at radius 1 is 1.18 bits per heavy atom. The summed E-state index contributed by atoms with van der Waals surface area (Å²) in [4.78, 5) is 13.5. The van der Waals surface area contributed by atoms with Gasteiger partial charge in [0.25, 0.3) is 5.97 Å². The van der Waals surface area contributed by atoms with Gasteiger partial charge in [0.05, 0.1) is 0 Å². The van der Waals surface area contributed by atoms with Gasteiger partial charge in [-0.05, 0) is 48.6 Å². The minimum atomic E-state index is -0.960. The normalized spacial score (nSPS) is 24.4. The van der Waals surface area contributed by atoms with Crippen molar-refractivity contribution in [3.8, 4) is 11.5 Å². The van der Waals surface area contributed by atoms with E-state index in [-0.39, 0.29) is 12.0 Å². The van der Waals surface area contributed by atoms with E-state index in [0.29, 0.717) is 5.89 Å². The average molecular weight is 382 g/mol. The number of rotatable bonds is 2. The summed E-state index contributed by atoms with van der Waals surface area (Å²) in [6.45, 7) is 3.16. The standard InChI is InChI=1S/C20H22N2O2.C2H4O2/c1-13-5-4-8-18(21)20(13,23)15-11-9-14(10-12-15)19-22-16-6-2-3-7-17(16)24-19;1-2(3)4/h2-3,6-7,9-13,18,23H,4-5,8,21H2,1H3;1H3,(H,3,4)/t13-,18-,20-;/m0./s1. The number of nitrogens with zero attached hydrogens (tertiary/aromatic N) is 1. The predicted molar refractivity (Wildman–Crippen MR) is 108 cm³/mol. The van der Waals surface area contributed by atoms with Crippen LogP contribution in [0.1, 0.15) is 38.7 Å². The number of oxazole rings is 1. The maximum Gasteiger partial charge on any atom is 0.300 e. The SMILES string of the molecule is CC(=O)O.C[C@H]1CCC[C@H](N)[C@@]1(O)c1ccc(-c2nc3ccccc3o2)cc1. The summed E-state index contributed by atoms with van der Waals surface area (Å²) in [6, 6.07) is 15.3. The molecule has 1 aromatic heterocycles. The van der Waals surface area contributed by atoms with Gasteiger partial charge < -0.3 is 20.4 Å². The molecule has 0 radical (unpaired) electrons. The summed E-state index contributed by atoms with van der Waals surface area (Å²) in [5.74, 6) is -0.0906. The van der Waals surface area contributed by atoms with Gasteiger partial charge in [-0.1, -0.05) is 37.6 Å². The van der Waals surface area contributed by atoms with Crippen LogP contribution in [-0.2, 0) is 10.4 Å². The Morgan fingerprint density at radius 3 is 2.43 bits per heavy atom. The lowest BCUT2D eigenvalue weighted by Crippen LogP contribution is -2.52. The Labute approximate surface area is 164 Å². The lowest BCUT2D eigenvalue weighted by atomic mass is 9.69. The zero-order valence-corrected chi connectivity index (χ0v) is 16.1. The highest BCUT2D eigenvalue weighted by atomic mass is 16.4. The van der Waals surface area contributed by atoms with Crippen LogP contribution in [0.5, 0.6) is 0 Å². The van der Waals surface area contributed by atoms with Crippen molar-refractivity contribution in [1.82, 2.24) is 4.98 Å². The van der Waals surface area contributed by atoms with Crippen molar-refractivity contribution < 1.29 is 19.4 Å². The third-order valence-electron chi connectivity index (χ3n) is 5.36. The second-order valence-corrected chi connectivity index (χ2v) is 7.35. The highest BCUT2D eigenvalue weighted by molar-refractivity contribution is 5.76. The lowest BCUT2D eigenvalue weighted by molar-refractivity contribution is -0.134. The number of nitrogens with two attached hydrogens (primary N) is 1. The van der Waals surface area contributed by atoms with E-state index in [9.17, 15) is 5.11 Å². The molecule has 1 saturated carbocycles. The number of benzene rings is 2. The topological polar surface area (TPSA) is 110 Å². The van der Waals surface area contributed by atoms with Crippen molar-refractivity contribution >= 4 is 17.1 Å². The van der Waals surface area contributed by atoms with E-state index in [0.717, 1.165) is 48.4 Å². The summed E-state index contributed by atoms with van der Waals surface area (Å²) in [7, 11) is 0. The van der Waals surface area contributed by atoms with Gasteiger partial charge in [-0.2, -0.15) is 0 Å². The molecule has 6 heteroatoms. The molecule has 0 amide bonds. The maximum atomic E-state index is 11.2. The number of aliphatic carboxylic acids is 1. The Bertz CT molecular complexity index is 902. The second-order valence-electron chi connectivity index (χ2n) is 7.35. The maximum absolute atomic E-state index is 11.2. The summed E-state index contributed by atoms with van der Waals surface area (Å²) in [5.41, 5.74) is 8.69. The first-order valence-electron chi connectivity index (χ1n) is 9.46. The first-order chi connectivity index (χ1) is 13.3. The molecule has 3 aromatic rings. The van der Waals surface area contributed by atoms with Crippen LogP contribution in [0.15, 0.2) is 52.9 Å². The van der Waals surface area contributed by atoms with Crippen molar-refractivity contribution in [3.05, 3.63) is 54.1 Å². The highest BCUT2D eigenvalue weighted by Gasteiger charge is 2.43. The number of carbonyl (C=O) groups is 1. The molecule has 28 heavy (non-hydrogen) atoms.